The van der Waals surface area contributed by atoms with E-state index >= 15 is 0 Å². The lowest BCUT2D eigenvalue weighted by molar-refractivity contribution is -0.157. The van der Waals surface area contributed by atoms with Gasteiger partial charge < -0.3 is 4.74 Å². The Hall–Kier alpha value is -2.46. The van der Waals surface area contributed by atoms with Gasteiger partial charge in [0, 0.05) is 13.1 Å². The molecule has 2 aromatic carbocycles. The van der Waals surface area contributed by atoms with Gasteiger partial charge in [-0.15, -0.1) is 0 Å². The first-order valence-electron chi connectivity index (χ1n) is 8.81. The van der Waals surface area contributed by atoms with Crippen LogP contribution in [-0.4, -0.2) is 29.8 Å². The first kappa shape index (κ1) is 19.9. The van der Waals surface area contributed by atoms with Crippen molar-refractivity contribution in [2.75, 3.05) is 7.11 Å². The zero-order chi connectivity index (χ0) is 19.2. The maximum absolute atomic E-state index is 13.0. The third-order valence-electron chi connectivity index (χ3n) is 4.70. The van der Waals surface area contributed by atoms with E-state index in [1.807, 2.05) is 67.6 Å². The van der Waals surface area contributed by atoms with Crippen LogP contribution in [0.1, 0.15) is 31.9 Å². The number of carbonyl (C=O) groups excluding carboxylic acids is 2. The first-order chi connectivity index (χ1) is 12.4. The lowest BCUT2D eigenvalue weighted by Gasteiger charge is -2.32. The average molecular weight is 353 g/mol. The van der Waals surface area contributed by atoms with Crippen LogP contribution in [0.2, 0.25) is 0 Å². The molecule has 0 saturated heterocycles. The summed E-state index contributed by atoms with van der Waals surface area (Å²) in [4.78, 5) is 27.2. The molecule has 0 aromatic heterocycles. The summed E-state index contributed by atoms with van der Waals surface area (Å²) < 4.78 is 4.82. The van der Waals surface area contributed by atoms with Crippen molar-refractivity contribution < 1.29 is 14.3 Å². The van der Waals surface area contributed by atoms with Crippen LogP contribution in [0.4, 0.5) is 0 Å². The second-order valence-corrected chi connectivity index (χ2v) is 7.03. The minimum atomic E-state index is -1.18. The summed E-state index contributed by atoms with van der Waals surface area (Å²) in [6.07, 6.45) is 0. The molecule has 0 amide bonds. The maximum Gasteiger partial charge on any atom is 0.318 e. The van der Waals surface area contributed by atoms with E-state index < -0.39 is 17.4 Å². The number of hydrogen-bond acceptors (Lipinski definition) is 4. The quantitative estimate of drug-likeness (QED) is 0.534. The molecule has 2 aromatic rings. The van der Waals surface area contributed by atoms with Gasteiger partial charge in [-0.3, -0.25) is 14.5 Å². The van der Waals surface area contributed by atoms with Crippen molar-refractivity contribution in [2.45, 2.75) is 39.9 Å². The summed E-state index contributed by atoms with van der Waals surface area (Å²) in [5.74, 6) is -0.648. The van der Waals surface area contributed by atoms with Crippen molar-refractivity contribution in [3.05, 3.63) is 71.8 Å². The Balaban J connectivity index is 2.26. The number of rotatable bonds is 8. The molecule has 138 valence electrons. The molecule has 4 nitrogen and oxygen atoms in total. The molecular formula is C22H27NO3. The Morgan fingerprint density at radius 2 is 1.35 bits per heavy atom. The van der Waals surface area contributed by atoms with Crippen LogP contribution in [0.15, 0.2) is 60.7 Å². The van der Waals surface area contributed by atoms with Crippen molar-refractivity contribution in [3.63, 3.8) is 0 Å². The lowest BCUT2D eigenvalue weighted by atomic mass is 9.84. The Morgan fingerprint density at radius 3 is 1.73 bits per heavy atom. The normalized spacial score (nSPS) is 12.7. The lowest BCUT2D eigenvalue weighted by Crippen LogP contribution is -2.47. The largest absolute Gasteiger partial charge is 0.468 e. The van der Waals surface area contributed by atoms with Crippen molar-refractivity contribution in [3.8, 4) is 0 Å². The molecule has 0 bridgehead atoms. The summed E-state index contributed by atoms with van der Waals surface area (Å²) >= 11 is 0. The number of esters is 1. The van der Waals surface area contributed by atoms with Gasteiger partial charge in [-0.2, -0.15) is 0 Å². The highest BCUT2D eigenvalue weighted by Gasteiger charge is 2.41. The van der Waals surface area contributed by atoms with E-state index in [4.69, 9.17) is 4.74 Å². The number of benzene rings is 2. The van der Waals surface area contributed by atoms with Crippen LogP contribution in [0.5, 0.6) is 0 Å². The van der Waals surface area contributed by atoms with E-state index in [1.165, 1.54) is 7.11 Å². The van der Waals surface area contributed by atoms with E-state index in [0.29, 0.717) is 13.1 Å². The predicted octanol–water partition coefficient (Wildman–Crippen LogP) is 3.85. The van der Waals surface area contributed by atoms with Crippen molar-refractivity contribution in [2.24, 2.45) is 5.41 Å². The molecule has 4 heteroatoms. The molecule has 0 fully saturated rings. The Kier molecular flexibility index (Phi) is 6.70. The molecule has 0 aliphatic carbocycles. The SMILES string of the molecule is COC(=O)C(C)(C)C(=O)[C@H](C)N(Cc1ccccc1)Cc1ccccc1. The molecular weight excluding hydrogens is 326 g/mol. The number of hydrogen-bond donors (Lipinski definition) is 0. The minimum absolute atomic E-state index is 0.142. The van der Waals surface area contributed by atoms with Gasteiger partial charge >= 0.3 is 5.97 Å². The second-order valence-electron chi connectivity index (χ2n) is 7.03. The summed E-state index contributed by atoms with van der Waals surface area (Å²) in [6, 6.07) is 19.6. The van der Waals surface area contributed by atoms with Crippen molar-refractivity contribution in [1.29, 1.82) is 0 Å². The average Bonchev–Trinajstić information content (AvgIpc) is 2.67. The second kappa shape index (κ2) is 8.77. The van der Waals surface area contributed by atoms with Gasteiger partial charge in [0.05, 0.1) is 13.2 Å². The molecule has 1 atom stereocenters. The molecule has 0 spiro atoms. The van der Waals surface area contributed by atoms with Crippen molar-refractivity contribution in [1.82, 2.24) is 4.90 Å². The molecule has 0 aliphatic rings. The zero-order valence-corrected chi connectivity index (χ0v) is 15.9. The van der Waals surface area contributed by atoms with Crippen LogP contribution in [0.25, 0.3) is 0 Å². The third-order valence-corrected chi connectivity index (χ3v) is 4.70. The van der Waals surface area contributed by atoms with Gasteiger partial charge in [0.25, 0.3) is 0 Å². The Morgan fingerprint density at radius 1 is 0.923 bits per heavy atom. The van der Waals surface area contributed by atoms with Gasteiger partial charge in [-0.05, 0) is 31.9 Å². The predicted molar refractivity (Wildman–Crippen MR) is 102 cm³/mol. The highest BCUT2D eigenvalue weighted by Crippen LogP contribution is 2.24. The van der Waals surface area contributed by atoms with Gasteiger partial charge in [-0.25, -0.2) is 0 Å². The van der Waals surface area contributed by atoms with E-state index in [2.05, 4.69) is 4.90 Å². The first-order valence-corrected chi connectivity index (χ1v) is 8.81. The molecule has 0 unspecified atom stereocenters. The van der Waals surface area contributed by atoms with Gasteiger partial charge in [-0.1, -0.05) is 60.7 Å². The molecule has 0 radical (unpaired) electrons. The number of carbonyl (C=O) groups is 2. The topological polar surface area (TPSA) is 46.6 Å². The Bertz CT molecular complexity index is 684. The van der Waals surface area contributed by atoms with E-state index in [0.717, 1.165) is 11.1 Å². The zero-order valence-electron chi connectivity index (χ0n) is 15.9. The highest BCUT2D eigenvalue weighted by molar-refractivity contribution is 6.05. The number of ketones is 1. The third kappa shape index (κ3) is 4.79. The number of ether oxygens (including phenoxy) is 1. The standard InChI is InChI=1S/C22H27NO3/c1-17(20(24)22(2,3)21(25)26-4)23(15-18-11-7-5-8-12-18)16-19-13-9-6-10-14-19/h5-14,17H,15-16H2,1-4H3/t17-/m0/s1. The van der Waals surface area contributed by atoms with E-state index in [9.17, 15) is 9.59 Å². The number of methoxy groups -OCH3 is 1. The van der Waals surface area contributed by atoms with E-state index in [-0.39, 0.29) is 5.78 Å². The fourth-order valence-electron chi connectivity index (χ4n) is 3.01. The summed E-state index contributed by atoms with van der Waals surface area (Å²) in [5.41, 5.74) is 1.07. The van der Waals surface area contributed by atoms with Crippen LogP contribution in [-0.2, 0) is 27.4 Å². The summed E-state index contributed by atoms with van der Waals surface area (Å²) in [6.45, 7) is 6.36. The van der Waals surface area contributed by atoms with E-state index in [1.54, 1.807) is 13.8 Å². The molecule has 0 aliphatic heterocycles. The van der Waals surface area contributed by atoms with Gasteiger partial charge in [0.15, 0.2) is 5.78 Å². The van der Waals surface area contributed by atoms with Gasteiger partial charge in [0.1, 0.15) is 5.41 Å². The summed E-state index contributed by atoms with van der Waals surface area (Å²) in [5, 5.41) is 0. The number of Topliss-reactive ketones (excluding diaryl/α,β-unsaturated/α-hetero) is 1. The molecule has 0 N–H and O–H groups in total. The van der Waals surface area contributed by atoms with Crippen LogP contribution in [0.3, 0.4) is 0 Å². The molecule has 0 heterocycles. The van der Waals surface area contributed by atoms with Gasteiger partial charge in [0.2, 0.25) is 0 Å². The summed E-state index contributed by atoms with van der Waals surface area (Å²) in [7, 11) is 1.31. The smallest absolute Gasteiger partial charge is 0.318 e. The maximum atomic E-state index is 13.0. The minimum Gasteiger partial charge on any atom is -0.468 e. The Labute approximate surface area is 155 Å². The van der Waals surface area contributed by atoms with Crippen molar-refractivity contribution >= 4 is 11.8 Å². The van der Waals surface area contributed by atoms with Crippen LogP contribution >= 0.6 is 0 Å². The fraction of sp³-hybridized carbons (Fsp3) is 0.364. The van der Waals surface area contributed by atoms with Crippen LogP contribution in [0, 0.1) is 5.41 Å². The molecule has 2 rings (SSSR count). The van der Waals surface area contributed by atoms with Crippen LogP contribution < -0.4 is 0 Å². The number of nitrogens with zero attached hydrogens (tertiary/aromatic N) is 1. The molecule has 0 saturated carbocycles. The highest BCUT2D eigenvalue weighted by atomic mass is 16.5. The molecule has 26 heavy (non-hydrogen) atoms. The fourth-order valence-corrected chi connectivity index (χ4v) is 3.01. The monoisotopic (exact) mass is 353 g/mol.